The molecule has 6 heteroatoms. The van der Waals surface area contributed by atoms with Gasteiger partial charge in [0.25, 0.3) is 0 Å². The lowest BCUT2D eigenvalue weighted by Crippen LogP contribution is -2.58. The van der Waals surface area contributed by atoms with Crippen LogP contribution >= 0.6 is 0 Å². The van der Waals surface area contributed by atoms with Crippen LogP contribution in [0.2, 0.25) is 0 Å². The Morgan fingerprint density at radius 3 is 2.48 bits per heavy atom. The number of rotatable bonds is 7. The van der Waals surface area contributed by atoms with E-state index in [2.05, 4.69) is 11.1 Å². The van der Waals surface area contributed by atoms with Crippen LogP contribution in [-0.2, 0) is 22.4 Å². The van der Waals surface area contributed by atoms with Gasteiger partial charge in [-0.25, -0.2) is 0 Å². The minimum Gasteiger partial charge on any atom is -0.494 e. The molecule has 4 rings (SSSR count). The molecule has 0 aliphatic carbocycles. The van der Waals surface area contributed by atoms with Crippen molar-refractivity contribution < 1.29 is 14.3 Å². The molecule has 6 nitrogen and oxygen atoms in total. The summed E-state index contributed by atoms with van der Waals surface area (Å²) in [6.45, 7) is 3.62. The fraction of sp³-hybridized carbons (Fsp3) is 0.296. The number of ether oxygens (including phenoxy) is 1. The van der Waals surface area contributed by atoms with Gasteiger partial charge in [0.1, 0.15) is 11.8 Å². The summed E-state index contributed by atoms with van der Waals surface area (Å²) in [5.74, 6) is 0.738. The molecule has 1 aliphatic heterocycles. The van der Waals surface area contributed by atoms with Gasteiger partial charge < -0.3 is 14.5 Å². The van der Waals surface area contributed by atoms with E-state index in [0.29, 0.717) is 26.1 Å². The van der Waals surface area contributed by atoms with E-state index in [4.69, 9.17) is 4.74 Å². The number of amides is 2. The first kappa shape index (κ1) is 22.5. The van der Waals surface area contributed by atoms with Crippen molar-refractivity contribution in [2.24, 2.45) is 0 Å². The highest BCUT2D eigenvalue weighted by molar-refractivity contribution is 5.89. The van der Waals surface area contributed by atoms with Crippen molar-refractivity contribution >= 4 is 11.8 Å². The summed E-state index contributed by atoms with van der Waals surface area (Å²) in [5.41, 5.74) is 4.08. The fourth-order valence-corrected chi connectivity index (χ4v) is 4.20. The summed E-state index contributed by atoms with van der Waals surface area (Å²) < 4.78 is 5.48. The number of pyridine rings is 1. The molecule has 1 aliphatic rings. The van der Waals surface area contributed by atoms with Crippen molar-refractivity contribution in [1.29, 1.82) is 0 Å². The van der Waals surface area contributed by atoms with Crippen LogP contribution in [0.25, 0.3) is 11.1 Å². The van der Waals surface area contributed by atoms with E-state index < -0.39 is 6.04 Å². The molecule has 33 heavy (non-hydrogen) atoms. The second-order valence-corrected chi connectivity index (χ2v) is 8.26. The lowest BCUT2D eigenvalue weighted by atomic mass is 9.97. The Kier molecular flexibility index (Phi) is 7.03. The first-order valence-electron chi connectivity index (χ1n) is 11.3. The molecule has 1 atom stereocenters. The summed E-state index contributed by atoms with van der Waals surface area (Å²) in [6, 6.07) is 19.1. The predicted molar refractivity (Wildman–Crippen MR) is 128 cm³/mol. The van der Waals surface area contributed by atoms with Crippen LogP contribution < -0.4 is 4.74 Å². The molecular weight excluding hydrogens is 414 g/mol. The Morgan fingerprint density at radius 1 is 1.00 bits per heavy atom. The first-order valence-corrected chi connectivity index (χ1v) is 11.3. The van der Waals surface area contributed by atoms with Crippen LogP contribution in [0.4, 0.5) is 0 Å². The fourth-order valence-electron chi connectivity index (χ4n) is 4.20. The van der Waals surface area contributed by atoms with E-state index in [1.54, 1.807) is 29.2 Å². The summed E-state index contributed by atoms with van der Waals surface area (Å²) in [6.07, 6.45) is 4.28. The Bertz CT molecular complexity index is 1100. The second-order valence-electron chi connectivity index (χ2n) is 8.26. The zero-order chi connectivity index (χ0) is 23.2. The van der Waals surface area contributed by atoms with E-state index >= 15 is 0 Å². The molecule has 0 bridgehead atoms. The monoisotopic (exact) mass is 443 g/mol. The maximum Gasteiger partial charge on any atom is 0.245 e. The maximum atomic E-state index is 13.2. The van der Waals surface area contributed by atoms with E-state index in [1.165, 1.54) is 0 Å². The second kappa shape index (κ2) is 10.3. The van der Waals surface area contributed by atoms with Gasteiger partial charge in [0.2, 0.25) is 11.8 Å². The van der Waals surface area contributed by atoms with Gasteiger partial charge in [-0.05, 0) is 53.4 Å². The van der Waals surface area contributed by atoms with Gasteiger partial charge in [-0.2, -0.15) is 0 Å². The van der Waals surface area contributed by atoms with Gasteiger partial charge in [-0.1, -0.05) is 36.4 Å². The van der Waals surface area contributed by atoms with Crippen LogP contribution in [0, 0.1) is 0 Å². The van der Waals surface area contributed by atoms with E-state index in [-0.39, 0.29) is 18.2 Å². The van der Waals surface area contributed by atoms with Crippen molar-refractivity contribution in [3.05, 3.63) is 84.2 Å². The van der Waals surface area contributed by atoms with Crippen LogP contribution in [0.5, 0.6) is 5.75 Å². The molecule has 1 saturated heterocycles. The topological polar surface area (TPSA) is 62.7 Å². The Hall–Kier alpha value is -3.67. The number of aromatic nitrogens is 1. The number of hydrogen-bond acceptors (Lipinski definition) is 4. The van der Waals surface area contributed by atoms with E-state index in [9.17, 15) is 9.59 Å². The van der Waals surface area contributed by atoms with Gasteiger partial charge in [-0.3, -0.25) is 14.6 Å². The average Bonchev–Trinajstić information content (AvgIpc) is 2.84. The number of carbonyl (C=O) groups excluding carboxylic acids is 2. The third kappa shape index (κ3) is 5.40. The van der Waals surface area contributed by atoms with Gasteiger partial charge in [0.05, 0.1) is 13.0 Å². The highest BCUT2D eigenvalue weighted by Gasteiger charge is 2.35. The smallest absolute Gasteiger partial charge is 0.245 e. The number of likely N-dealkylation sites (N-methyl/N-ethyl adjacent to an activating group) is 1. The molecule has 170 valence electrons. The van der Waals surface area contributed by atoms with E-state index in [0.717, 1.165) is 28.0 Å². The molecule has 2 heterocycles. The highest BCUT2D eigenvalue weighted by atomic mass is 16.5. The van der Waals surface area contributed by atoms with Gasteiger partial charge in [0.15, 0.2) is 0 Å². The zero-order valence-electron chi connectivity index (χ0n) is 19.1. The third-order valence-corrected chi connectivity index (χ3v) is 5.99. The average molecular weight is 444 g/mol. The Morgan fingerprint density at radius 2 is 1.76 bits per heavy atom. The largest absolute Gasteiger partial charge is 0.494 e. The lowest BCUT2D eigenvalue weighted by Gasteiger charge is -2.39. The molecule has 1 fully saturated rings. The molecule has 0 spiro atoms. The summed E-state index contributed by atoms with van der Waals surface area (Å²) in [7, 11) is 1.80. The molecular formula is C27H29N3O3. The number of nitrogens with zero attached hydrogens (tertiary/aromatic N) is 3. The van der Waals surface area contributed by atoms with Crippen LogP contribution in [0.15, 0.2) is 73.1 Å². The van der Waals surface area contributed by atoms with Crippen LogP contribution in [-0.4, -0.2) is 59.4 Å². The van der Waals surface area contributed by atoms with Crippen LogP contribution in [0.1, 0.15) is 18.1 Å². The summed E-state index contributed by atoms with van der Waals surface area (Å²) in [4.78, 5) is 33.9. The van der Waals surface area contributed by atoms with Gasteiger partial charge in [0, 0.05) is 39.0 Å². The molecule has 2 amide bonds. The van der Waals surface area contributed by atoms with E-state index in [1.807, 2.05) is 61.5 Å². The van der Waals surface area contributed by atoms with Crippen molar-refractivity contribution in [2.75, 3.05) is 26.7 Å². The SMILES string of the molecule is CCOc1ccc(CC(=O)N2CCN(C)C(=O)[C@H]2Cc2cccc(-c3ccncc3)c2)cc1. The molecule has 3 aromatic rings. The quantitative estimate of drug-likeness (QED) is 0.560. The Labute approximate surface area is 194 Å². The molecule has 0 N–H and O–H groups in total. The Balaban J connectivity index is 1.52. The summed E-state index contributed by atoms with van der Waals surface area (Å²) >= 11 is 0. The normalized spacial score (nSPS) is 16.1. The van der Waals surface area contributed by atoms with Crippen molar-refractivity contribution in [3.8, 4) is 16.9 Å². The molecule has 0 unspecified atom stereocenters. The van der Waals surface area contributed by atoms with Crippen molar-refractivity contribution in [2.45, 2.75) is 25.8 Å². The van der Waals surface area contributed by atoms with Crippen LogP contribution in [0.3, 0.4) is 0 Å². The number of piperazine rings is 1. The molecule has 2 aromatic carbocycles. The standard InChI is InChI=1S/C27H29N3O3/c1-3-33-24-9-7-20(8-10-24)19-26(31)30-16-15-29(2)27(32)25(30)18-21-5-4-6-23(17-21)22-11-13-28-14-12-22/h4-14,17,25H,3,15-16,18-19H2,1-2H3/t25-/m1/s1. The molecule has 1 aromatic heterocycles. The maximum absolute atomic E-state index is 13.2. The number of benzene rings is 2. The van der Waals surface area contributed by atoms with Crippen molar-refractivity contribution in [1.82, 2.24) is 14.8 Å². The zero-order valence-corrected chi connectivity index (χ0v) is 19.1. The van der Waals surface area contributed by atoms with Gasteiger partial charge in [-0.15, -0.1) is 0 Å². The number of carbonyl (C=O) groups is 2. The third-order valence-electron chi connectivity index (χ3n) is 5.99. The number of hydrogen-bond donors (Lipinski definition) is 0. The minimum absolute atomic E-state index is 0.0180. The lowest BCUT2D eigenvalue weighted by molar-refractivity contribution is -0.149. The highest BCUT2D eigenvalue weighted by Crippen LogP contribution is 2.23. The minimum atomic E-state index is -0.508. The van der Waals surface area contributed by atoms with Crippen molar-refractivity contribution in [3.63, 3.8) is 0 Å². The predicted octanol–water partition coefficient (Wildman–Crippen LogP) is 3.60. The molecule has 0 radical (unpaired) electrons. The first-order chi connectivity index (χ1) is 16.0. The summed E-state index contributed by atoms with van der Waals surface area (Å²) in [5, 5.41) is 0. The molecule has 0 saturated carbocycles. The van der Waals surface area contributed by atoms with Gasteiger partial charge >= 0.3 is 0 Å².